The molecule has 0 N–H and O–H groups in total. The molecule has 1 aromatic carbocycles. The molecular weight excluding hydrogens is 335 g/mol. The normalized spacial score (nSPS) is 17.7. The van der Waals surface area contributed by atoms with Crippen LogP contribution in [0.2, 0.25) is 0 Å². The predicted octanol–water partition coefficient (Wildman–Crippen LogP) is 3.74. The molecule has 1 aliphatic rings. The Morgan fingerprint density at radius 2 is 2.12 bits per heavy atom. The van der Waals surface area contributed by atoms with E-state index in [1.54, 1.807) is 0 Å². The minimum Gasteiger partial charge on any atom is -0.447 e. The van der Waals surface area contributed by atoms with Crippen LogP contribution in [-0.2, 0) is 17.2 Å². The molecule has 0 bridgehead atoms. The van der Waals surface area contributed by atoms with Crippen molar-refractivity contribution >= 4 is 6.09 Å². The van der Waals surface area contributed by atoms with Gasteiger partial charge < -0.3 is 4.74 Å². The van der Waals surface area contributed by atoms with Crippen LogP contribution >= 0.6 is 0 Å². The van der Waals surface area contributed by atoms with E-state index in [4.69, 9.17) is 4.74 Å². The van der Waals surface area contributed by atoms with Gasteiger partial charge in [0.1, 0.15) is 12.4 Å². The van der Waals surface area contributed by atoms with Gasteiger partial charge in [-0.1, -0.05) is 0 Å². The number of benzene rings is 1. The van der Waals surface area contributed by atoms with Crippen molar-refractivity contribution in [3.8, 4) is 11.3 Å². The lowest BCUT2D eigenvalue weighted by Gasteiger charge is -2.17. The van der Waals surface area contributed by atoms with Gasteiger partial charge in [0.25, 0.3) is 5.92 Å². The van der Waals surface area contributed by atoms with Crippen LogP contribution in [0.25, 0.3) is 11.3 Å². The minimum atomic E-state index is -3.31. The average molecular weight is 351 g/mol. The van der Waals surface area contributed by atoms with E-state index >= 15 is 0 Å². The molecule has 0 aliphatic carbocycles. The number of nitrogens with zero attached hydrogens (tertiary/aromatic N) is 3. The molecule has 0 saturated carbocycles. The molecule has 1 atom stereocenters. The summed E-state index contributed by atoms with van der Waals surface area (Å²) < 4.78 is 45.6. The second-order valence-electron chi connectivity index (χ2n) is 6.03. The van der Waals surface area contributed by atoms with E-state index in [1.807, 2.05) is 6.92 Å². The third kappa shape index (κ3) is 3.57. The Hall–Kier alpha value is -2.64. The summed E-state index contributed by atoms with van der Waals surface area (Å²) in [6.07, 6.45) is 2.45. The van der Waals surface area contributed by atoms with Gasteiger partial charge in [-0.15, -0.1) is 0 Å². The first-order chi connectivity index (χ1) is 11.8. The third-order valence-electron chi connectivity index (χ3n) is 3.97. The minimum absolute atomic E-state index is 0.0887. The molecule has 8 heteroatoms. The molecular formula is C17H16F3N3O2. The van der Waals surface area contributed by atoms with Crippen LogP contribution in [0.1, 0.15) is 25.1 Å². The van der Waals surface area contributed by atoms with Crippen molar-refractivity contribution in [2.45, 2.75) is 32.4 Å². The monoisotopic (exact) mass is 351 g/mol. The number of cyclic esters (lactones) is 1. The zero-order valence-electron chi connectivity index (χ0n) is 13.7. The zero-order valence-corrected chi connectivity index (χ0v) is 13.7. The van der Waals surface area contributed by atoms with Crippen molar-refractivity contribution in [3.63, 3.8) is 0 Å². The highest BCUT2D eigenvalue weighted by Crippen LogP contribution is 2.32. The number of halogens is 3. The van der Waals surface area contributed by atoms with Crippen molar-refractivity contribution in [1.82, 2.24) is 14.9 Å². The number of ether oxygens (including phenoxy) is 1. The summed E-state index contributed by atoms with van der Waals surface area (Å²) in [5.74, 6) is -4.28. The lowest BCUT2D eigenvalue weighted by Crippen LogP contribution is -2.30. The SMILES string of the molecule is C[C@H]1COC(=O)N1Cc1cncc(-c2ccc(F)c(C(C)(F)F)c2)n1. The Morgan fingerprint density at radius 1 is 1.36 bits per heavy atom. The van der Waals surface area contributed by atoms with E-state index in [1.165, 1.54) is 23.4 Å². The first-order valence-electron chi connectivity index (χ1n) is 7.68. The molecule has 132 valence electrons. The van der Waals surface area contributed by atoms with Crippen molar-refractivity contribution in [2.24, 2.45) is 0 Å². The number of aromatic nitrogens is 2. The van der Waals surface area contributed by atoms with E-state index in [-0.39, 0.29) is 12.6 Å². The fraction of sp³-hybridized carbons (Fsp3) is 0.353. The van der Waals surface area contributed by atoms with Gasteiger partial charge in [-0.3, -0.25) is 9.88 Å². The van der Waals surface area contributed by atoms with Gasteiger partial charge in [-0.05, 0) is 25.1 Å². The molecule has 5 nitrogen and oxygen atoms in total. The fourth-order valence-electron chi connectivity index (χ4n) is 2.58. The van der Waals surface area contributed by atoms with E-state index in [0.717, 1.165) is 12.1 Å². The number of alkyl halides is 2. The van der Waals surface area contributed by atoms with E-state index in [2.05, 4.69) is 9.97 Å². The zero-order chi connectivity index (χ0) is 18.2. The van der Waals surface area contributed by atoms with Gasteiger partial charge in [-0.25, -0.2) is 22.9 Å². The fourth-order valence-corrected chi connectivity index (χ4v) is 2.58. The number of hydrogen-bond acceptors (Lipinski definition) is 4. The lowest BCUT2D eigenvalue weighted by molar-refractivity contribution is 0.0138. The molecule has 1 saturated heterocycles. The number of hydrogen-bond donors (Lipinski definition) is 0. The maximum absolute atomic E-state index is 13.6. The van der Waals surface area contributed by atoms with Gasteiger partial charge in [0.2, 0.25) is 0 Å². The van der Waals surface area contributed by atoms with E-state index in [0.29, 0.717) is 30.5 Å². The van der Waals surface area contributed by atoms with Gasteiger partial charge in [0.05, 0.1) is 41.9 Å². The quantitative estimate of drug-likeness (QED) is 0.842. The maximum Gasteiger partial charge on any atom is 0.410 e. The third-order valence-corrected chi connectivity index (χ3v) is 3.97. The summed E-state index contributed by atoms with van der Waals surface area (Å²) in [4.78, 5) is 21.6. The van der Waals surface area contributed by atoms with Crippen molar-refractivity contribution in [2.75, 3.05) is 6.61 Å². The predicted molar refractivity (Wildman–Crippen MR) is 83.3 cm³/mol. The van der Waals surface area contributed by atoms with Crippen LogP contribution in [0.15, 0.2) is 30.6 Å². The van der Waals surface area contributed by atoms with Crippen LogP contribution in [0.5, 0.6) is 0 Å². The highest BCUT2D eigenvalue weighted by Gasteiger charge is 2.30. The molecule has 1 amide bonds. The van der Waals surface area contributed by atoms with Crippen molar-refractivity contribution in [3.05, 3.63) is 47.7 Å². The second kappa shape index (κ2) is 6.34. The number of carbonyl (C=O) groups excluding carboxylic acids is 1. The van der Waals surface area contributed by atoms with Crippen LogP contribution < -0.4 is 0 Å². The molecule has 3 rings (SSSR count). The Labute approximate surface area is 142 Å². The molecule has 0 unspecified atom stereocenters. The van der Waals surface area contributed by atoms with Gasteiger partial charge in [-0.2, -0.15) is 0 Å². The van der Waals surface area contributed by atoms with Crippen LogP contribution in [-0.4, -0.2) is 33.6 Å². The second-order valence-corrected chi connectivity index (χ2v) is 6.03. The van der Waals surface area contributed by atoms with Crippen molar-refractivity contribution in [1.29, 1.82) is 0 Å². The summed E-state index contributed by atoms with van der Waals surface area (Å²) >= 11 is 0. The highest BCUT2D eigenvalue weighted by molar-refractivity contribution is 5.70. The van der Waals surface area contributed by atoms with E-state index < -0.39 is 23.4 Å². The van der Waals surface area contributed by atoms with E-state index in [9.17, 15) is 18.0 Å². The molecule has 2 heterocycles. The topological polar surface area (TPSA) is 55.3 Å². The van der Waals surface area contributed by atoms with Gasteiger partial charge in [0.15, 0.2) is 0 Å². The Balaban J connectivity index is 1.91. The first kappa shape index (κ1) is 17.2. The summed E-state index contributed by atoms with van der Waals surface area (Å²) in [6, 6.07) is 3.33. The smallest absolute Gasteiger partial charge is 0.410 e. The van der Waals surface area contributed by atoms with Crippen LogP contribution in [0.4, 0.5) is 18.0 Å². The molecule has 1 aromatic heterocycles. The molecule has 0 spiro atoms. The Morgan fingerprint density at radius 3 is 2.76 bits per heavy atom. The standard InChI is InChI=1S/C17H16F3N3O2/c1-10-9-25-16(24)23(10)8-12-6-21-7-15(22-12)11-3-4-14(18)13(5-11)17(2,19)20/h3-7,10H,8-9H2,1-2H3/t10-/m0/s1. The number of rotatable bonds is 4. The summed E-state index contributed by atoms with van der Waals surface area (Å²) in [6.45, 7) is 2.98. The lowest BCUT2D eigenvalue weighted by atomic mass is 10.0. The highest BCUT2D eigenvalue weighted by atomic mass is 19.3. The molecule has 25 heavy (non-hydrogen) atoms. The molecule has 1 fully saturated rings. The summed E-state index contributed by atoms with van der Waals surface area (Å²) in [5, 5.41) is 0. The average Bonchev–Trinajstić information content (AvgIpc) is 2.86. The largest absolute Gasteiger partial charge is 0.447 e. The summed E-state index contributed by atoms with van der Waals surface area (Å²) in [5.41, 5.74) is 0.429. The number of carbonyl (C=O) groups is 1. The first-order valence-corrected chi connectivity index (χ1v) is 7.68. The van der Waals surface area contributed by atoms with Gasteiger partial charge >= 0.3 is 6.09 Å². The Bertz CT molecular complexity index is 808. The van der Waals surface area contributed by atoms with Crippen LogP contribution in [0.3, 0.4) is 0 Å². The maximum atomic E-state index is 13.6. The number of amides is 1. The molecule has 0 radical (unpaired) electrons. The van der Waals surface area contributed by atoms with Crippen molar-refractivity contribution < 1.29 is 22.7 Å². The van der Waals surface area contributed by atoms with Crippen LogP contribution in [0, 0.1) is 5.82 Å². The Kier molecular flexibility index (Phi) is 4.36. The van der Waals surface area contributed by atoms with Gasteiger partial charge in [0, 0.05) is 12.5 Å². The summed E-state index contributed by atoms with van der Waals surface area (Å²) in [7, 11) is 0. The molecule has 2 aromatic rings. The molecule has 1 aliphatic heterocycles.